The van der Waals surface area contributed by atoms with Crippen molar-refractivity contribution in [2.75, 3.05) is 0 Å². The zero-order valence-electron chi connectivity index (χ0n) is 17.6. The normalized spacial score (nSPS) is 24.6. The molecule has 1 heterocycles. The van der Waals surface area contributed by atoms with E-state index in [4.69, 9.17) is 4.98 Å². The highest BCUT2D eigenvalue weighted by atomic mass is 19.4. The van der Waals surface area contributed by atoms with Crippen LogP contribution in [0.2, 0.25) is 0 Å². The Morgan fingerprint density at radius 2 is 1.83 bits per heavy atom. The van der Waals surface area contributed by atoms with Crippen molar-refractivity contribution in [2.45, 2.75) is 64.8 Å². The fourth-order valence-corrected chi connectivity index (χ4v) is 5.07. The van der Waals surface area contributed by atoms with Gasteiger partial charge in [0.15, 0.2) is 0 Å². The summed E-state index contributed by atoms with van der Waals surface area (Å²) in [4.78, 5) is 4.82. The Labute approximate surface area is 174 Å². The number of aromatic nitrogens is 1. The summed E-state index contributed by atoms with van der Waals surface area (Å²) in [6.45, 7) is 11.8. The lowest BCUT2D eigenvalue weighted by atomic mass is 9.70. The molecule has 0 bridgehead atoms. The van der Waals surface area contributed by atoms with Gasteiger partial charge in [-0.05, 0) is 54.0 Å². The van der Waals surface area contributed by atoms with Gasteiger partial charge < -0.3 is 10.2 Å². The van der Waals surface area contributed by atoms with Crippen LogP contribution in [-0.2, 0) is 12.6 Å². The number of pyridine rings is 1. The quantitative estimate of drug-likeness (QED) is 0.627. The van der Waals surface area contributed by atoms with E-state index in [0.29, 0.717) is 51.9 Å². The van der Waals surface area contributed by atoms with E-state index in [-0.39, 0.29) is 5.41 Å². The van der Waals surface area contributed by atoms with Crippen LogP contribution in [-0.4, -0.2) is 15.2 Å². The number of aliphatic hydroxyl groups excluding tert-OH is 2. The highest BCUT2D eigenvalue weighted by molar-refractivity contribution is 5.73. The van der Waals surface area contributed by atoms with Crippen LogP contribution in [0.5, 0.6) is 0 Å². The number of hydrogen-bond acceptors (Lipinski definition) is 3. The molecule has 1 unspecified atom stereocenters. The van der Waals surface area contributed by atoms with Gasteiger partial charge in [-0.2, -0.15) is 13.2 Å². The van der Waals surface area contributed by atoms with Crippen molar-refractivity contribution in [1.82, 2.24) is 4.98 Å². The first-order valence-electron chi connectivity index (χ1n) is 10.1. The molecular weight excluding hydrogens is 391 g/mol. The molecule has 2 aliphatic rings. The summed E-state index contributed by atoms with van der Waals surface area (Å²) in [5.41, 5.74) is 3.94. The Hall–Kier alpha value is -2.18. The van der Waals surface area contributed by atoms with E-state index in [0.717, 1.165) is 17.8 Å². The van der Waals surface area contributed by atoms with Crippen molar-refractivity contribution in [1.29, 1.82) is 0 Å². The van der Waals surface area contributed by atoms with Gasteiger partial charge >= 0.3 is 6.18 Å². The van der Waals surface area contributed by atoms with E-state index in [9.17, 15) is 23.4 Å². The van der Waals surface area contributed by atoms with Gasteiger partial charge in [-0.1, -0.05) is 39.0 Å². The average Bonchev–Trinajstić information content (AvgIpc) is 2.62. The molecule has 2 aliphatic carbocycles. The van der Waals surface area contributed by atoms with Crippen molar-refractivity contribution >= 4 is 5.57 Å². The Morgan fingerprint density at radius 1 is 1.17 bits per heavy atom. The number of aliphatic hydroxyl groups is 2. The highest BCUT2D eigenvalue weighted by Gasteiger charge is 2.41. The van der Waals surface area contributed by atoms with E-state index >= 15 is 0 Å². The second-order valence-electron chi connectivity index (χ2n) is 9.45. The number of halogens is 3. The average molecular weight is 417 g/mol. The Kier molecular flexibility index (Phi) is 4.68. The lowest BCUT2D eigenvalue weighted by Crippen LogP contribution is -2.31. The number of benzene rings is 1. The van der Waals surface area contributed by atoms with Gasteiger partial charge in [-0.15, -0.1) is 0 Å². The zero-order chi connectivity index (χ0) is 22.2. The Bertz CT molecular complexity index is 1060. The van der Waals surface area contributed by atoms with Crippen molar-refractivity contribution in [3.63, 3.8) is 0 Å². The number of nitrogens with zero attached hydrogens (tertiary/aromatic N) is 1. The summed E-state index contributed by atoms with van der Waals surface area (Å²) in [6.07, 6.45) is -5.10. The monoisotopic (exact) mass is 417 g/mol. The predicted molar refractivity (Wildman–Crippen MR) is 109 cm³/mol. The number of hydrogen-bond donors (Lipinski definition) is 2. The third-order valence-corrected chi connectivity index (χ3v) is 6.39. The first-order chi connectivity index (χ1) is 13.8. The third kappa shape index (κ3) is 3.17. The smallest absolute Gasteiger partial charge is 0.388 e. The van der Waals surface area contributed by atoms with Crippen molar-refractivity contribution in [3.8, 4) is 0 Å². The molecular formula is C24H26F3NO2. The maximum Gasteiger partial charge on any atom is 0.416 e. The molecule has 4 rings (SSSR count). The van der Waals surface area contributed by atoms with Crippen LogP contribution in [0.1, 0.15) is 97.0 Å². The van der Waals surface area contributed by atoms with Gasteiger partial charge in [0.05, 0.1) is 17.4 Å². The zero-order valence-corrected chi connectivity index (χ0v) is 17.6. The van der Waals surface area contributed by atoms with Crippen LogP contribution in [0.25, 0.3) is 5.57 Å². The molecule has 2 aromatic rings. The molecule has 1 aromatic heterocycles. The van der Waals surface area contributed by atoms with Gasteiger partial charge in [0, 0.05) is 22.7 Å². The second-order valence-corrected chi connectivity index (χ2v) is 9.45. The molecule has 3 atom stereocenters. The molecule has 0 saturated heterocycles. The molecule has 0 spiro atoms. The van der Waals surface area contributed by atoms with Crippen LogP contribution in [0.4, 0.5) is 13.2 Å². The van der Waals surface area contributed by atoms with Gasteiger partial charge in [0.2, 0.25) is 0 Å². The number of allylic oxidation sites excluding steroid dienone is 1. The van der Waals surface area contributed by atoms with Gasteiger partial charge in [-0.3, -0.25) is 4.98 Å². The molecule has 0 amide bonds. The van der Waals surface area contributed by atoms with E-state index in [1.165, 1.54) is 6.07 Å². The number of alkyl halides is 3. The summed E-state index contributed by atoms with van der Waals surface area (Å²) in [7, 11) is 0. The SMILES string of the molecule is C=C(C)c1c2c(nc3c1[C@@H](O)CC(C)(C)C3)C(C)c1cc(C(F)(F)F)ccc1[C@H]2O. The minimum absolute atomic E-state index is 0.155. The van der Waals surface area contributed by atoms with Gasteiger partial charge in [0.25, 0.3) is 0 Å². The predicted octanol–water partition coefficient (Wildman–Crippen LogP) is 5.69. The van der Waals surface area contributed by atoms with Crippen molar-refractivity contribution in [3.05, 3.63) is 69.5 Å². The minimum Gasteiger partial charge on any atom is -0.388 e. The number of rotatable bonds is 1. The largest absolute Gasteiger partial charge is 0.416 e. The van der Waals surface area contributed by atoms with Crippen LogP contribution in [0, 0.1) is 5.41 Å². The second kappa shape index (κ2) is 6.66. The minimum atomic E-state index is -4.46. The molecule has 3 nitrogen and oxygen atoms in total. The first kappa shape index (κ1) is 21.1. The van der Waals surface area contributed by atoms with E-state index < -0.39 is 29.9 Å². The van der Waals surface area contributed by atoms with Crippen LogP contribution >= 0.6 is 0 Å². The standard InChI is InChI=1S/C24H26F3NO2/c1-11(2)18-19-16(9-23(4,5)10-17(19)29)28-21-12(3)15-8-13(24(25,26)27)6-7-14(15)22(30)20(18)21/h6-8,12,17,22,29-30H,1,9-10H2,2-5H3/t12?,17-,22+/m0/s1. The van der Waals surface area contributed by atoms with Crippen LogP contribution in [0.3, 0.4) is 0 Å². The lowest BCUT2D eigenvalue weighted by molar-refractivity contribution is -0.137. The third-order valence-electron chi connectivity index (χ3n) is 6.39. The van der Waals surface area contributed by atoms with Crippen molar-refractivity contribution < 1.29 is 23.4 Å². The molecule has 30 heavy (non-hydrogen) atoms. The molecule has 1 aromatic carbocycles. The molecule has 160 valence electrons. The summed E-state index contributed by atoms with van der Waals surface area (Å²) >= 11 is 0. The fraction of sp³-hybridized carbons (Fsp3) is 0.458. The van der Waals surface area contributed by atoms with Crippen molar-refractivity contribution in [2.24, 2.45) is 5.41 Å². The van der Waals surface area contributed by atoms with E-state index in [1.54, 1.807) is 0 Å². The van der Waals surface area contributed by atoms with Gasteiger partial charge in [-0.25, -0.2) is 0 Å². The fourth-order valence-electron chi connectivity index (χ4n) is 5.07. The molecule has 0 aliphatic heterocycles. The summed E-state index contributed by atoms with van der Waals surface area (Å²) < 4.78 is 39.9. The van der Waals surface area contributed by atoms with Crippen LogP contribution < -0.4 is 0 Å². The summed E-state index contributed by atoms with van der Waals surface area (Å²) in [6, 6.07) is 3.47. The Morgan fingerprint density at radius 3 is 2.43 bits per heavy atom. The summed E-state index contributed by atoms with van der Waals surface area (Å²) in [5.74, 6) is -0.425. The summed E-state index contributed by atoms with van der Waals surface area (Å²) in [5, 5.41) is 22.1. The number of fused-ring (bicyclic) bond motifs is 3. The first-order valence-corrected chi connectivity index (χ1v) is 10.1. The molecule has 0 fully saturated rings. The highest BCUT2D eigenvalue weighted by Crippen LogP contribution is 2.50. The maximum absolute atomic E-state index is 13.3. The van der Waals surface area contributed by atoms with Gasteiger partial charge in [0.1, 0.15) is 6.10 Å². The van der Waals surface area contributed by atoms with Crippen LogP contribution in [0.15, 0.2) is 24.8 Å². The molecule has 0 saturated carbocycles. The van der Waals surface area contributed by atoms with E-state index in [2.05, 4.69) is 20.4 Å². The Balaban J connectivity index is 1.99. The van der Waals surface area contributed by atoms with E-state index in [1.807, 2.05) is 13.8 Å². The maximum atomic E-state index is 13.3. The lowest BCUT2D eigenvalue weighted by Gasteiger charge is -2.39. The molecule has 0 radical (unpaired) electrons. The molecule has 6 heteroatoms. The topological polar surface area (TPSA) is 53.4 Å². The molecule has 2 N–H and O–H groups in total.